The molecule has 0 atom stereocenters. The van der Waals surface area contributed by atoms with Crippen LogP contribution in [0.4, 0.5) is 0 Å². The van der Waals surface area contributed by atoms with Gasteiger partial charge in [-0.25, -0.2) is 9.78 Å². The van der Waals surface area contributed by atoms with Crippen molar-refractivity contribution in [2.45, 2.75) is 0 Å². The first-order valence-electron chi connectivity index (χ1n) is 4.79. The second-order valence-electron chi connectivity index (χ2n) is 3.51. The molecule has 0 bridgehead atoms. The number of H-pyrrole nitrogens is 1. The van der Waals surface area contributed by atoms with E-state index in [2.05, 4.69) is 14.2 Å². The molecule has 7 nitrogen and oxygen atoms in total. The van der Waals surface area contributed by atoms with E-state index < -0.39 is 21.5 Å². The molecule has 0 fully saturated rings. The molecule has 0 aliphatic heterocycles. The molecule has 2 heterocycles. The minimum absolute atomic E-state index is 0.181. The predicted octanol–water partition coefficient (Wildman–Crippen LogP) is 0.0395. The van der Waals surface area contributed by atoms with Crippen LogP contribution < -0.4 is 5.43 Å². The lowest BCUT2D eigenvalue weighted by atomic mass is 10.2. The number of nitrogens with one attached hydrogen (secondary N) is 1. The van der Waals surface area contributed by atoms with Gasteiger partial charge in [0.25, 0.3) is 0 Å². The highest BCUT2D eigenvalue weighted by Crippen LogP contribution is 2.05. The van der Waals surface area contributed by atoms with Crippen LogP contribution in [-0.2, 0) is 14.3 Å². The maximum atomic E-state index is 11.9. The van der Waals surface area contributed by atoms with E-state index in [-0.39, 0.29) is 10.9 Å². The largest absolute Gasteiger partial charge is 0.359 e. The van der Waals surface area contributed by atoms with Crippen molar-refractivity contribution >= 4 is 27.1 Å². The molecule has 0 spiro atoms. The van der Waals surface area contributed by atoms with Crippen molar-refractivity contribution in [2.24, 2.45) is 0 Å². The second-order valence-corrected chi connectivity index (χ2v) is 5.08. The molecule has 0 aliphatic carbocycles. The third-order valence-corrected chi connectivity index (χ3v) is 2.55. The van der Waals surface area contributed by atoms with Gasteiger partial charge in [0.15, 0.2) is 0 Å². The van der Waals surface area contributed by atoms with Gasteiger partial charge in [-0.15, -0.1) is 0 Å². The third-order valence-electron chi connectivity index (χ3n) is 2.10. The summed E-state index contributed by atoms with van der Waals surface area (Å²) >= 11 is 0. The summed E-state index contributed by atoms with van der Waals surface area (Å²) in [6.45, 7) is 0. The Morgan fingerprint density at radius 3 is 2.83 bits per heavy atom. The molecule has 8 heteroatoms. The Morgan fingerprint density at radius 1 is 1.44 bits per heavy atom. The smallest absolute Gasteiger partial charge is 0.345 e. The van der Waals surface area contributed by atoms with Gasteiger partial charge in [0, 0.05) is 12.4 Å². The number of pyridine rings is 2. The van der Waals surface area contributed by atoms with Crippen LogP contribution in [0.2, 0.25) is 0 Å². The van der Waals surface area contributed by atoms with Gasteiger partial charge in [-0.1, -0.05) is 0 Å². The standard InChI is InChI=1S/C10H8N2O5S/c1-18(15,16)17-10(14)7-5-12-9-6(8(7)13)3-2-4-11-9/h2-5H,1H3,(H,11,12,13). The van der Waals surface area contributed by atoms with Crippen molar-refractivity contribution in [3.63, 3.8) is 0 Å². The second kappa shape index (κ2) is 4.22. The Hall–Kier alpha value is -2.22. The molecule has 2 aromatic rings. The van der Waals surface area contributed by atoms with Crippen LogP contribution in [0.3, 0.4) is 0 Å². The summed E-state index contributed by atoms with van der Waals surface area (Å²) in [5, 5.41) is 0.181. The highest BCUT2D eigenvalue weighted by atomic mass is 32.2. The molecule has 0 amide bonds. The predicted molar refractivity (Wildman–Crippen MR) is 62.6 cm³/mol. The highest BCUT2D eigenvalue weighted by molar-refractivity contribution is 7.86. The van der Waals surface area contributed by atoms with Gasteiger partial charge in [0.2, 0.25) is 5.43 Å². The van der Waals surface area contributed by atoms with Gasteiger partial charge < -0.3 is 9.17 Å². The number of carbonyl (C=O) groups is 1. The van der Waals surface area contributed by atoms with E-state index >= 15 is 0 Å². The lowest BCUT2D eigenvalue weighted by Crippen LogP contribution is -2.20. The maximum absolute atomic E-state index is 11.9. The van der Waals surface area contributed by atoms with Gasteiger partial charge in [0.05, 0.1) is 11.6 Å². The summed E-state index contributed by atoms with van der Waals surface area (Å²) in [5.41, 5.74) is -0.718. The van der Waals surface area contributed by atoms with Gasteiger partial charge in [-0.05, 0) is 12.1 Å². The van der Waals surface area contributed by atoms with Crippen LogP contribution in [0.5, 0.6) is 0 Å². The molecule has 0 aliphatic rings. The Labute approximate surface area is 102 Å². The van der Waals surface area contributed by atoms with Gasteiger partial charge in [-0.2, -0.15) is 8.42 Å². The molecule has 2 aromatic heterocycles. The van der Waals surface area contributed by atoms with E-state index in [9.17, 15) is 18.0 Å². The molecular weight excluding hydrogens is 260 g/mol. The summed E-state index contributed by atoms with van der Waals surface area (Å²) in [6, 6.07) is 3.00. The number of fused-ring (bicyclic) bond motifs is 1. The van der Waals surface area contributed by atoms with Crippen molar-refractivity contribution < 1.29 is 17.4 Å². The summed E-state index contributed by atoms with van der Waals surface area (Å²) in [4.78, 5) is 29.9. The van der Waals surface area contributed by atoms with E-state index in [4.69, 9.17) is 0 Å². The molecule has 94 valence electrons. The van der Waals surface area contributed by atoms with E-state index in [1.807, 2.05) is 0 Å². The third kappa shape index (κ3) is 2.38. The van der Waals surface area contributed by atoms with E-state index in [0.29, 0.717) is 5.65 Å². The molecule has 0 saturated heterocycles. The lowest BCUT2D eigenvalue weighted by Gasteiger charge is -2.02. The minimum Gasteiger partial charge on any atom is -0.345 e. The van der Waals surface area contributed by atoms with Crippen LogP contribution in [-0.4, -0.2) is 30.6 Å². The zero-order chi connectivity index (χ0) is 13.3. The van der Waals surface area contributed by atoms with Crippen LogP contribution >= 0.6 is 0 Å². The molecule has 0 saturated carbocycles. The van der Waals surface area contributed by atoms with Crippen LogP contribution in [0.15, 0.2) is 29.3 Å². The Kier molecular flexibility index (Phi) is 2.87. The molecule has 18 heavy (non-hydrogen) atoms. The zero-order valence-electron chi connectivity index (χ0n) is 9.21. The highest BCUT2D eigenvalue weighted by Gasteiger charge is 2.18. The first kappa shape index (κ1) is 12.2. The number of rotatable bonds is 2. The molecule has 0 radical (unpaired) electrons. The normalized spacial score (nSPS) is 11.4. The quantitative estimate of drug-likeness (QED) is 0.771. The number of nitrogens with zero attached hydrogens (tertiary/aromatic N) is 1. The number of carbonyl (C=O) groups excluding carboxylic acids is 1. The number of aromatic nitrogens is 2. The summed E-state index contributed by atoms with van der Waals surface area (Å²) < 4.78 is 25.8. The molecule has 1 N–H and O–H groups in total. The monoisotopic (exact) mass is 268 g/mol. The maximum Gasteiger partial charge on any atom is 0.359 e. The molecular formula is C10H8N2O5S. The molecule has 0 aromatic carbocycles. The van der Waals surface area contributed by atoms with Crippen molar-refractivity contribution in [3.05, 3.63) is 40.3 Å². The Balaban J connectivity index is 2.57. The summed E-state index contributed by atoms with van der Waals surface area (Å²) in [6.07, 6.45) is 3.28. The average Bonchev–Trinajstić information content (AvgIpc) is 2.27. The first-order valence-corrected chi connectivity index (χ1v) is 6.60. The van der Waals surface area contributed by atoms with Crippen molar-refractivity contribution in [3.8, 4) is 0 Å². The van der Waals surface area contributed by atoms with E-state index in [1.165, 1.54) is 18.3 Å². The SMILES string of the molecule is CS(=O)(=O)OC(=O)c1c[nH]c2ncccc2c1=O. The number of hydrogen-bond donors (Lipinski definition) is 1. The van der Waals surface area contributed by atoms with Crippen LogP contribution in [0.1, 0.15) is 10.4 Å². The fourth-order valence-electron chi connectivity index (χ4n) is 1.39. The average molecular weight is 268 g/mol. The fourth-order valence-corrected chi connectivity index (χ4v) is 1.75. The lowest BCUT2D eigenvalue weighted by molar-refractivity contribution is 0.0747. The zero-order valence-corrected chi connectivity index (χ0v) is 10.0. The van der Waals surface area contributed by atoms with Crippen molar-refractivity contribution in [1.82, 2.24) is 9.97 Å². The van der Waals surface area contributed by atoms with Crippen LogP contribution in [0, 0.1) is 0 Å². The Bertz CT molecular complexity index is 778. The van der Waals surface area contributed by atoms with Crippen molar-refractivity contribution in [1.29, 1.82) is 0 Å². The number of hydrogen-bond acceptors (Lipinski definition) is 6. The number of aromatic amines is 1. The van der Waals surface area contributed by atoms with Gasteiger partial charge in [0.1, 0.15) is 11.2 Å². The summed E-state index contributed by atoms with van der Waals surface area (Å²) in [7, 11) is -3.96. The van der Waals surface area contributed by atoms with E-state index in [1.54, 1.807) is 0 Å². The van der Waals surface area contributed by atoms with Crippen molar-refractivity contribution in [2.75, 3.05) is 6.26 Å². The fraction of sp³-hybridized carbons (Fsp3) is 0.100. The topological polar surface area (TPSA) is 106 Å². The van der Waals surface area contributed by atoms with Gasteiger partial charge in [-0.3, -0.25) is 4.79 Å². The van der Waals surface area contributed by atoms with Crippen LogP contribution in [0.25, 0.3) is 11.0 Å². The molecule has 0 unspecified atom stereocenters. The molecule has 2 rings (SSSR count). The minimum atomic E-state index is -3.96. The van der Waals surface area contributed by atoms with E-state index in [0.717, 1.165) is 12.5 Å². The first-order chi connectivity index (χ1) is 8.38. The van der Waals surface area contributed by atoms with Gasteiger partial charge >= 0.3 is 16.1 Å². The summed E-state index contributed by atoms with van der Waals surface area (Å²) in [5.74, 6) is -1.22. The Morgan fingerprint density at radius 2 is 2.17 bits per heavy atom.